The third-order valence-electron chi connectivity index (χ3n) is 5.61. The number of nitrogens with zero attached hydrogens (tertiary/aromatic N) is 1. The maximum absolute atomic E-state index is 12.8. The maximum Gasteiger partial charge on any atom is 0.265 e. The van der Waals surface area contributed by atoms with E-state index in [-0.39, 0.29) is 23.5 Å². The normalized spacial score (nSPS) is 15.3. The van der Waals surface area contributed by atoms with Crippen LogP contribution >= 0.6 is 0 Å². The minimum absolute atomic E-state index is 0.0761. The predicted octanol–water partition coefficient (Wildman–Crippen LogP) is 4.46. The number of hydrogen-bond donors (Lipinski definition) is 1. The van der Waals surface area contributed by atoms with E-state index in [0.29, 0.717) is 11.4 Å². The molecule has 1 heterocycles. The lowest BCUT2D eigenvalue weighted by Crippen LogP contribution is -2.39. The number of amides is 1. The Balaban J connectivity index is 1.42. The van der Waals surface area contributed by atoms with Gasteiger partial charge in [-0.2, -0.15) is 0 Å². The maximum atomic E-state index is 12.8. The molecule has 0 radical (unpaired) electrons. The molecule has 1 unspecified atom stereocenters. The molecule has 4 rings (SSSR count). The Kier molecular flexibility index (Phi) is 5.93. The van der Waals surface area contributed by atoms with Gasteiger partial charge in [0.05, 0.1) is 10.6 Å². The highest BCUT2D eigenvalue weighted by molar-refractivity contribution is 7.92. The van der Waals surface area contributed by atoms with E-state index in [0.717, 1.165) is 28.8 Å². The Labute approximate surface area is 188 Å². The summed E-state index contributed by atoms with van der Waals surface area (Å²) < 4.78 is 33.8. The van der Waals surface area contributed by atoms with E-state index in [4.69, 9.17) is 4.74 Å². The van der Waals surface area contributed by atoms with Gasteiger partial charge in [-0.3, -0.25) is 9.52 Å². The van der Waals surface area contributed by atoms with Crippen LogP contribution in [0.5, 0.6) is 5.75 Å². The van der Waals surface area contributed by atoms with Crippen molar-refractivity contribution in [3.05, 3.63) is 83.4 Å². The molecule has 32 heavy (non-hydrogen) atoms. The van der Waals surface area contributed by atoms with Crippen LogP contribution in [-0.2, 0) is 21.2 Å². The number of sulfonamides is 1. The molecule has 0 bridgehead atoms. The first kappa shape index (κ1) is 21.9. The van der Waals surface area contributed by atoms with Gasteiger partial charge in [-0.25, -0.2) is 8.42 Å². The molecule has 7 heteroatoms. The van der Waals surface area contributed by atoms with Crippen LogP contribution < -0.4 is 14.4 Å². The highest BCUT2D eigenvalue weighted by Crippen LogP contribution is 2.32. The van der Waals surface area contributed by atoms with Gasteiger partial charge in [0.2, 0.25) is 0 Å². The van der Waals surface area contributed by atoms with Crippen molar-refractivity contribution in [1.29, 1.82) is 0 Å². The summed E-state index contributed by atoms with van der Waals surface area (Å²) in [5.41, 5.74) is 4.44. The zero-order valence-electron chi connectivity index (χ0n) is 18.3. The SMILES string of the molecule is Cc1ccc(C)c(NS(=O)(=O)c2ccc(OCC(=O)N3c4ccccc4CC3C)cc2)c1. The third kappa shape index (κ3) is 4.48. The highest BCUT2D eigenvalue weighted by Gasteiger charge is 2.30. The molecule has 0 spiro atoms. The number of hydrogen-bond acceptors (Lipinski definition) is 4. The number of para-hydroxylation sites is 1. The zero-order valence-corrected chi connectivity index (χ0v) is 19.1. The number of rotatable bonds is 6. The van der Waals surface area contributed by atoms with Gasteiger partial charge >= 0.3 is 0 Å². The van der Waals surface area contributed by atoms with Crippen molar-refractivity contribution in [3.8, 4) is 5.75 Å². The Hall–Kier alpha value is -3.32. The average molecular weight is 451 g/mol. The molecular weight excluding hydrogens is 424 g/mol. The van der Waals surface area contributed by atoms with Crippen LogP contribution in [0.2, 0.25) is 0 Å². The molecule has 1 N–H and O–H groups in total. The number of anilines is 2. The van der Waals surface area contributed by atoms with Crippen LogP contribution in [0.3, 0.4) is 0 Å². The second-order valence-electron chi connectivity index (χ2n) is 8.13. The van der Waals surface area contributed by atoms with Crippen molar-refractivity contribution in [2.75, 3.05) is 16.2 Å². The summed E-state index contributed by atoms with van der Waals surface area (Å²) in [5, 5.41) is 0. The molecule has 1 atom stereocenters. The molecule has 0 fully saturated rings. The van der Waals surface area contributed by atoms with Crippen molar-refractivity contribution in [3.63, 3.8) is 0 Å². The minimum Gasteiger partial charge on any atom is -0.484 e. The Morgan fingerprint density at radius 1 is 1.06 bits per heavy atom. The van der Waals surface area contributed by atoms with Crippen LogP contribution in [0.25, 0.3) is 0 Å². The van der Waals surface area contributed by atoms with Crippen molar-refractivity contribution in [2.45, 2.75) is 38.1 Å². The van der Waals surface area contributed by atoms with E-state index >= 15 is 0 Å². The van der Waals surface area contributed by atoms with Crippen molar-refractivity contribution in [2.24, 2.45) is 0 Å². The molecule has 1 aliphatic heterocycles. The van der Waals surface area contributed by atoms with Crippen molar-refractivity contribution in [1.82, 2.24) is 0 Å². The van der Waals surface area contributed by atoms with Crippen molar-refractivity contribution < 1.29 is 17.9 Å². The molecule has 3 aromatic carbocycles. The second-order valence-corrected chi connectivity index (χ2v) is 9.81. The lowest BCUT2D eigenvalue weighted by molar-refractivity contribution is -0.120. The van der Waals surface area contributed by atoms with E-state index in [1.807, 2.05) is 57.2 Å². The number of benzene rings is 3. The smallest absolute Gasteiger partial charge is 0.265 e. The number of carbonyl (C=O) groups excluding carboxylic acids is 1. The Bertz CT molecular complexity index is 1250. The van der Waals surface area contributed by atoms with Crippen LogP contribution in [0.15, 0.2) is 71.6 Å². The highest BCUT2D eigenvalue weighted by atomic mass is 32.2. The molecule has 0 saturated carbocycles. The average Bonchev–Trinajstić information content (AvgIpc) is 3.10. The molecule has 0 aliphatic carbocycles. The molecule has 1 amide bonds. The summed E-state index contributed by atoms with van der Waals surface area (Å²) in [5.74, 6) is 0.305. The predicted molar refractivity (Wildman–Crippen MR) is 126 cm³/mol. The fraction of sp³-hybridized carbons (Fsp3) is 0.240. The number of aryl methyl sites for hydroxylation is 2. The van der Waals surface area contributed by atoms with E-state index in [9.17, 15) is 13.2 Å². The zero-order chi connectivity index (χ0) is 22.9. The third-order valence-corrected chi connectivity index (χ3v) is 6.99. The molecule has 6 nitrogen and oxygen atoms in total. The summed E-state index contributed by atoms with van der Waals surface area (Å²) in [6, 6.07) is 19.6. The van der Waals surface area contributed by atoms with Gasteiger partial charge < -0.3 is 9.64 Å². The van der Waals surface area contributed by atoms with Crippen LogP contribution in [-0.4, -0.2) is 27.0 Å². The van der Waals surface area contributed by atoms with E-state index in [1.54, 1.807) is 23.1 Å². The quantitative estimate of drug-likeness (QED) is 0.602. The first-order chi connectivity index (χ1) is 15.2. The molecule has 0 aromatic heterocycles. The topological polar surface area (TPSA) is 75.7 Å². The first-order valence-electron chi connectivity index (χ1n) is 10.5. The van der Waals surface area contributed by atoms with Gasteiger partial charge in [0, 0.05) is 11.7 Å². The summed E-state index contributed by atoms with van der Waals surface area (Å²) >= 11 is 0. The minimum atomic E-state index is -3.74. The number of carbonyl (C=O) groups is 1. The standard InChI is InChI=1S/C25H26N2O4S/c1-17-8-9-18(2)23(14-17)26-32(29,30)22-12-10-21(11-13-22)31-16-25(28)27-19(3)15-20-6-4-5-7-24(20)27/h4-14,19,26H,15-16H2,1-3H3. The number of ether oxygens (including phenoxy) is 1. The summed E-state index contributed by atoms with van der Waals surface area (Å²) in [7, 11) is -3.74. The second kappa shape index (κ2) is 8.67. The van der Waals surface area contributed by atoms with Crippen LogP contribution in [0, 0.1) is 13.8 Å². The summed E-state index contributed by atoms with van der Waals surface area (Å²) in [6.45, 7) is 5.66. The van der Waals surface area contributed by atoms with Gasteiger partial charge in [-0.1, -0.05) is 30.3 Å². The lowest BCUT2D eigenvalue weighted by atomic mass is 10.1. The van der Waals surface area contributed by atoms with Gasteiger partial charge in [0.15, 0.2) is 6.61 Å². The summed E-state index contributed by atoms with van der Waals surface area (Å²) in [4.78, 5) is 14.7. The van der Waals surface area contributed by atoms with Crippen LogP contribution in [0.4, 0.5) is 11.4 Å². The molecular formula is C25H26N2O4S. The lowest BCUT2D eigenvalue weighted by Gasteiger charge is -2.22. The van der Waals surface area contributed by atoms with Gasteiger partial charge in [0.1, 0.15) is 5.75 Å². The Morgan fingerprint density at radius 2 is 1.78 bits per heavy atom. The summed E-state index contributed by atoms with van der Waals surface area (Å²) in [6.07, 6.45) is 0.821. The van der Waals surface area contributed by atoms with Gasteiger partial charge in [0.25, 0.3) is 15.9 Å². The Morgan fingerprint density at radius 3 is 2.53 bits per heavy atom. The molecule has 166 valence electrons. The molecule has 0 saturated heterocycles. The van der Waals surface area contributed by atoms with Crippen LogP contribution in [0.1, 0.15) is 23.6 Å². The molecule has 1 aliphatic rings. The number of nitrogens with one attached hydrogen (secondary N) is 1. The fourth-order valence-electron chi connectivity index (χ4n) is 3.92. The monoisotopic (exact) mass is 450 g/mol. The number of fused-ring (bicyclic) bond motifs is 1. The largest absolute Gasteiger partial charge is 0.484 e. The first-order valence-corrected chi connectivity index (χ1v) is 12.0. The van der Waals surface area contributed by atoms with E-state index in [1.165, 1.54) is 12.1 Å². The van der Waals surface area contributed by atoms with Crippen molar-refractivity contribution >= 4 is 27.3 Å². The molecule has 3 aromatic rings. The van der Waals surface area contributed by atoms with Gasteiger partial charge in [-0.15, -0.1) is 0 Å². The van der Waals surface area contributed by atoms with E-state index < -0.39 is 10.0 Å². The fourth-order valence-corrected chi connectivity index (χ4v) is 5.05. The van der Waals surface area contributed by atoms with E-state index in [2.05, 4.69) is 4.72 Å². The van der Waals surface area contributed by atoms with Gasteiger partial charge in [-0.05, 0) is 80.3 Å².